The smallest absolute Gasteiger partial charge is 0.262 e. The Labute approximate surface area is 134 Å². The zero-order valence-electron chi connectivity index (χ0n) is 13.3. The van der Waals surface area contributed by atoms with Gasteiger partial charge in [-0.3, -0.25) is 9.59 Å². The molecule has 0 aliphatic rings. The molecular weight excluding hydrogens is 297 g/mol. The van der Waals surface area contributed by atoms with E-state index in [1.165, 1.54) is 19.1 Å². The second-order valence-corrected chi connectivity index (χ2v) is 5.28. The maximum absolute atomic E-state index is 13.2. The topological polar surface area (TPSA) is 55.4 Å². The molecular formula is C18H18FNO3. The van der Waals surface area contributed by atoms with E-state index in [1.54, 1.807) is 6.07 Å². The highest BCUT2D eigenvalue weighted by Gasteiger charge is 2.12. The number of aryl methyl sites for hydroxylation is 1. The van der Waals surface area contributed by atoms with Crippen molar-refractivity contribution in [3.05, 3.63) is 58.9 Å². The van der Waals surface area contributed by atoms with Gasteiger partial charge < -0.3 is 10.1 Å². The maximum Gasteiger partial charge on any atom is 0.262 e. The van der Waals surface area contributed by atoms with Crippen LogP contribution in [0.15, 0.2) is 36.4 Å². The fraction of sp³-hybridized carbons (Fsp3) is 0.222. The van der Waals surface area contributed by atoms with Crippen LogP contribution in [-0.2, 0) is 4.79 Å². The van der Waals surface area contributed by atoms with Crippen molar-refractivity contribution in [1.82, 2.24) is 0 Å². The molecule has 1 N–H and O–H groups in total. The summed E-state index contributed by atoms with van der Waals surface area (Å²) in [6, 6.07) is 9.24. The van der Waals surface area contributed by atoms with E-state index in [0.29, 0.717) is 5.69 Å². The second-order valence-electron chi connectivity index (χ2n) is 5.28. The minimum atomic E-state index is -0.526. The van der Waals surface area contributed by atoms with Gasteiger partial charge in [-0.25, -0.2) is 4.39 Å². The molecule has 4 nitrogen and oxygen atoms in total. The van der Waals surface area contributed by atoms with Gasteiger partial charge in [0.25, 0.3) is 5.91 Å². The van der Waals surface area contributed by atoms with Gasteiger partial charge in [0.05, 0.1) is 5.56 Å². The number of rotatable bonds is 5. The second kappa shape index (κ2) is 7.05. The Bertz CT molecular complexity index is 756. The van der Waals surface area contributed by atoms with Crippen LogP contribution in [0, 0.1) is 19.7 Å². The van der Waals surface area contributed by atoms with E-state index in [4.69, 9.17) is 4.74 Å². The Morgan fingerprint density at radius 1 is 1.17 bits per heavy atom. The summed E-state index contributed by atoms with van der Waals surface area (Å²) in [5, 5.41) is 2.76. The van der Waals surface area contributed by atoms with E-state index >= 15 is 0 Å². The molecule has 0 radical (unpaired) electrons. The summed E-state index contributed by atoms with van der Waals surface area (Å²) >= 11 is 0. The van der Waals surface area contributed by atoms with Gasteiger partial charge in [-0.05, 0) is 56.2 Å². The molecule has 0 heterocycles. The number of nitrogens with one attached hydrogen (secondary N) is 1. The molecule has 2 rings (SSSR count). The van der Waals surface area contributed by atoms with Crippen LogP contribution in [0.5, 0.6) is 5.75 Å². The SMILES string of the molecule is CC(=O)c1cc(F)ccc1OCC(=O)Nc1cccc(C)c1C. The lowest BCUT2D eigenvalue weighted by molar-refractivity contribution is -0.118. The van der Waals surface area contributed by atoms with Crippen LogP contribution in [0.3, 0.4) is 0 Å². The highest BCUT2D eigenvalue weighted by molar-refractivity contribution is 5.97. The van der Waals surface area contributed by atoms with E-state index in [9.17, 15) is 14.0 Å². The summed E-state index contributed by atoms with van der Waals surface area (Å²) in [7, 11) is 0. The summed E-state index contributed by atoms with van der Waals surface area (Å²) in [6.07, 6.45) is 0. The number of Topliss-reactive ketones (excluding diaryl/α,β-unsaturated/α-hetero) is 1. The third-order valence-electron chi connectivity index (χ3n) is 3.56. The molecule has 0 aliphatic heterocycles. The maximum atomic E-state index is 13.2. The number of carbonyl (C=O) groups excluding carboxylic acids is 2. The van der Waals surface area contributed by atoms with Gasteiger partial charge in [-0.15, -0.1) is 0 Å². The zero-order chi connectivity index (χ0) is 17.0. The zero-order valence-corrected chi connectivity index (χ0v) is 13.3. The van der Waals surface area contributed by atoms with Crippen molar-refractivity contribution in [2.75, 3.05) is 11.9 Å². The number of hydrogen-bond acceptors (Lipinski definition) is 3. The Morgan fingerprint density at radius 2 is 1.91 bits per heavy atom. The van der Waals surface area contributed by atoms with Gasteiger partial charge >= 0.3 is 0 Å². The van der Waals surface area contributed by atoms with E-state index < -0.39 is 5.82 Å². The van der Waals surface area contributed by atoms with Crippen molar-refractivity contribution in [1.29, 1.82) is 0 Å². The monoisotopic (exact) mass is 315 g/mol. The molecule has 0 unspecified atom stereocenters. The minimum absolute atomic E-state index is 0.115. The van der Waals surface area contributed by atoms with Gasteiger partial charge in [0, 0.05) is 5.69 Å². The molecule has 120 valence electrons. The third kappa shape index (κ3) is 4.16. The number of benzene rings is 2. The van der Waals surface area contributed by atoms with Crippen LogP contribution in [0.1, 0.15) is 28.4 Å². The number of hydrogen-bond donors (Lipinski definition) is 1. The van der Waals surface area contributed by atoms with Crippen LogP contribution in [0.2, 0.25) is 0 Å². The lowest BCUT2D eigenvalue weighted by atomic mass is 10.1. The average Bonchev–Trinajstić information content (AvgIpc) is 2.50. The number of carbonyl (C=O) groups is 2. The predicted octanol–water partition coefficient (Wildman–Crippen LogP) is 3.66. The molecule has 0 saturated carbocycles. The number of halogens is 1. The number of ketones is 1. The van der Waals surface area contributed by atoms with Crippen molar-refractivity contribution in [3.8, 4) is 5.75 Å². The molecule has 2 aromatic rings. The largest absolute Gasteiger partial charge is 0.483 e. The molecule has 23 heavy (non-hydrogen) atoms. The van der Waals surface area contributed by atoms with Crippen LogP contribution in [-0.4, -0.2) is 18.3 Å². The van der Waals surface area contributed by atoms with Crippen molar-refractivity contribution in [2.24, 2.45) is 0 Å². The van der Waals surface area contributed by atoms with E-state index in [0.717, 1.165) is 17.2 Å². The lowest BCUT2D eigenvalue weighted by Gasteiger charge is -2.12. The summed E-state index contributed by atoms with van der Waals surface area (Å²) in [5.74, 6) is -1.01. The Morgan fingerprint density at radius 3 is 2.61 bits per heavy atom. The summed E-state index contributed by atoms with van der Waals surface area (Å²) < 4.78 is 18.5. The molecule has 5 heteroatoms. The first-order valence-electron chi connectivity index (χ1n) is 7.18. The first kappa shape index (κ1) is 16.7. The fourth-order valence-electron chi connectivity index (χ4n) is 2.12. The Kier molecular flexibility index (Phi) is 5.11. The average molecular weight is 315 g/mol. The molecule has 0 aliphatic carbocycles. The molecule has 0 saturated heterocycles. The Balaban J connectivity index is 2.05. The van der Waals surface area contributed by atoms with Gasteiger partial charge in [-0.1, -0.05) is 12.1 Å². The molecule has 0 atom stereocenters. The molecule has 0 aromatic heterocycles. The van der Waals surface area contributed by atoms with E-state index in [2.05, 4.69) is 5.32 Å². The fourth-order valence-corrected chi connectivity index (χ4v) is 2.12. The van der Waals surface area contributed by atoms with E-state index in [-0.39, 0.29) is 29.6 Å². The third-order valence-corrected chi connectivity index (χ3v) is 3.56. The number of amides is 1. The van der Waals surface area contributed by atoms with Crippen LogP contribution >= 0.6 is 0 Å². The van der Waals surface area contributed by atoms with Crippen molar-refractivity contribution in [3.63, 3.8) is 0 Å². The molecule has 0 bridgehead atoms. The van der Waals surface area contributed by atoms with Crippen molar-refractivity contribution in [2.45, 2.75) is 20.8 Å². The van der Waals surface area contributed by atoms with Gasteiger partial charge in [0.2, 0.25) is 0 Å². The number of ether oxygens (including phenoxy) is 1. The van der Waals surface area contributed by atoms with Gasteiger partial charge in [0.15, 0.2) is 12.4 Å². The summed E-state index contributed by atoms with van der Waals surface area (Å²) in [6.45, 7) is 4.93. The Hall–Kier alpha value is -2.69. The lowest BCUT2D eigenvalue weighted by Crippen LogP contribution is -2.21. The normalized spacial score (nSPS) is 10.3. The van der Waals surface area contributed by atoms with Crippen molar-refractivity contribution >= 4 is 17.4 Å². The molecule has 0 spiro atoms. The summed E-state index contributed by atoms with van der Waals surface area (Å²) in [4.78, 5) is 23.5. The first-order chi connectivity index (χ1) is 10.9. The minimum Gasteiger partial charge on any atom is -0.483 e. The van der Waals surface area contributed by atoms with Gasteiger partial charge in [-0.2, -0.15) is 0 Å². The highest BCUT2D eigenvalue weighted by atomic mass is 19.1. The van der Waals surface area contributed by atoms with Crippen LogP contribution in [0.4, 0.5) is 10.1 Å². The predicted molar refractivity (Wildman–Crippen MR) is 86.4 cm³/mol. The molecule has 1 amide bonds. The highest BCUT2D eigenvalue weighted by Crippen LogP contribution is 2.21. The molecule has 2 aromatic carbocycles. The van der Waals surface area contributed by atoms with Crippen LogP contribution < -0.4 is 10.1 Å². The molecule has 0 fully saturated rings. The van der Waals surface area contributed by atoms with Crippen molar-refractivity contribution < 1.29 is 18.7 Å². The first-order valence-corrected chi connectivity index (χ1v) is 7.18. The van der Waals surface area contributed by atoms with E-state index in [1.807, 2.05) is 26.0 Å². The standard InChI is InChI=1S/C18H18FNO3/c1-11-5-4-6-16(12(11)2)20-18(22)10-23-17-8-7-14(19)9-15(17)13(3)21/h4-9H,10H2,1-3H3,(H,20,22). The summed E-state index contributed by atoms with van der Waals surface area (Å²) in [5.41, 5.74) is 2.88. The van der Waals surface area contributed by atoms with Gasteiger partial charge in [0.1, 0.15) is 11.6 Å². The number of anilines is 1. The quantitative estimate of drug-likeness (QED) is 0.857. The van der Waals surface area contributed by atoms with Crippen LogP contribution in [0.25, 0.3) is 0 Å².